The molecule has 0 spiro atoms. The van der Waals surface area contributed by atoms with Crippen molar-refractivity contribution >= 4 is 11.6 Å². The summed E-state index contributed by atoms with van der Waals surface area (Å²) in [4.78, 5) is 0. The third-order valence-corrected chi connectivity index (χ3v) is 2.52. The second kappa shape index (κ2) is 7.10. The van der Waals surface area contributed by atoms with E-state index in [1.54, 1.807) is 7.11 Å². The number of benzene rings is 1. The highest BCUT2D eigenvalue weighted by atomic mass is 35.5. The molecule has 0 aliphatic rings. The predicted molar refractivity (Wildman–Crippen MR) is 64.8 cm³/mol. The lowest BCUT2D eigenvalue weighted by molar-refractivity contribution is 0.415. The first-order chi connectivity index (χ1) is 7.77. The molecule has 1 rings (SSSR count). The maximum atomic E-state index is 8.36. The van der Waals surface area contributed by atoms with Crippen LogP contribution in [0, 0.1) is 11.3 Å². The second-order valence-corrected chi connectivity index (χ2v) is 3.78. The Hall–Kier alpha value is -1.24. The van der Waals surface area contributed by atoms with Gasteiger partial charge in [0.15, 0.2) is 0 Å². The molecule has 1 N–H and O–H groups in total. The zero-order valence-electron chi connectivity index (χ0n) is 9.29. The van der Waals surface area contributed by atoms with Crippen LogP contribution in [0.3, 0.4) is 0 Å². The van der Waals surface area contributed by atoms with Gasteiger partial charge in [0.05, 0.1) is 18.2 Å². The summed E-state index contributed by atoms with van der Waals surface area (Å²) in [5.41, 5.74) is 1.16. The maximum Gasteiger partial charge on any atom is 0.137 e. The first kappa shape index (κ1) is 12.8. The van der Waals surface area contributed by atoms with E-state index in [4.69, 9.17) is 21.6 Å². The van der Waals surface area contributed by atoms with Crippen LogP contribution in [0.5, 0.6) is 5.75 Å². The Morgan fingerprint density at radius 1 is 1.44 bits per heavy atom. The Morgan fingerprint density at radius 3 is 2.88 bits per heavy atom. The van der Waals surface area contributed by atoms with Crippen molar-refractivity contribution in [3.8, 4) is 11.8 Å². The van der Waals surface area contributed by atoms with Crippen molar-refractivity contribution in [1.29, 1.82) is 5.26 Å². The Labute approximate surface area is 101 Å². The summed E-state index contributed by atoms with van der Waals surface area (Å²) in [6, 6.07) is 7.86. The number of rotatable bonds is 6. The molecule has 4 heteroatoms. The molecule has 0 saturated heterocycles. The topological polar surface area (TPSA) is 45.0 Å². The Kier molecular flexibility index (Phi) is 5.69. The van der Waals surface area contributed by atoms with E-state index < -0.39 is 0 Å². The van der Waals surface area contributed by atoms with Gasteiger partial charge in [-0.3, -0.25) is 0 Å². The number of nitrogens with one attached hydrogen (secondary N) is 1. The van der Waals surface area contributed by atoms with E-state index >= 15 is 0 Å². The summed E-state index contributed by atoms with van der Waals surface area (Å²) in [6.07, 6.45) is 1.44. The SMILES string of the molecule is COc1ccc(CCNCCC#N)cc1Cl. The van der Waals surface area contributed by atoms with Gasteiger partial charge >= 0.3 is 0 Å². The molecule has 0 atom stereocenters. The van der Waals surface area contributed by atoms with E-state index in [0.717, 1.165) is 25.1 Å². The zero-order chi connectivity index (χ0) is 11.8. The first-order valence-electron chi connectivity index (χ1n) is 5.18. The summed E-state index contributed by atoms with van der Waals surface area (Å²) in [6.45, 7) is 1.59. The molecular formula is C12H15ClN2O. The lowest BCUT2D eigenvalue weighted by Crippen LogP contribution is -2.18. The molecule has 0 amide bonds. The van der Waals surface area contributed by atoms with E-state index in [1.165, 1.54) is 0 Å². The van der Waals surface area contributed by atoms with Gasteiger partial charge in [-0.15, -0.1) is 0 Å². The molecule has 0 heterocycles. The minimum absolute atomic E-state index is 0.545. The molecule has 0 aromatic heterocycles. The monoisotopic (exact) mass is 238 g/mol. The standard InChI is InChI=1S/C12H15ClN2O/c1-16-12-4-3-10(9-11(12)13)5-8-15-7-2-6-14/h3-4,9,15H,2,5,7-8H2,1H3. The molecule has 3 nitrogen and oxygen atoms in total. The summed E-state index contributed by atoms with van der Waals surface area (Å²) in [7, 11) is 1.60. The highest BCUT2D eigenvalue weighted by Crippen LogP contribution is 2.24. The minimum Gasteiger partial charge on any atom is -0.495 e. The van der Waals surface area contributed by atoms with Crippen LogP contribution in [0.4, 0.5) is 0 Å². The molecule has 0 unspecified atom stereocenters. The van der Waals surface area contributed by atoms with Crippen LogP contribution in [0.25, 0.3) is 0 Å². The number of nitrogens with zero attached hydrogens (tertiary/aromatic N) is 1. The van der Waals surface area contributed by atoms with Gasteiger partial charge in [0, 0.05) is 13.0 Å². The highest BCUT2D eigenvalue weighted by Gasteiger charge is 2.01. The van der Waals surface area contributed by atoms with Gasteiger partial charge < -0.3 is 10.1 Å². The third kappa shape index (κ3) is 4.09. The first-order valence-corrected chi connectivity index (χ1v) is 5.56. The van der Waals surface area contributed by atoms with Gasteiger partial charge in [0.25, 0.3) is 0 Å². The molecule has 0 radical (unpaired) electrons. The quantitative estimate of drug-likeness (QED) is 0.774. The van der Waals surface area contributed by atoms with Crippen LogP contribution in [-0.2, 0) is 6.42 Å². The average Bonchev–Trinajstić information content (AvgIpc) is 2.29. The Balaban J connectivity index is 2.38. The van der Waals surface area contributed by atoms with Crippen molar-refractivity contribution in [2.24, 2.45) is 0 Å². The van der Waals surface area contributed by atoms with Crippen molar-refractivity contribution in [2.45, 2.75) is 12.8 Å². The number of hydrogen-bond donors (Lipinski definition) is 1. The van der Waals surface area contributed by atoms with Crippen molar-refractivity contribution in [2.75, 3.05) is 20.2 Å². The average molecular weight is 239 g/mol. The highest BCUT2D eigenvalue weighted by molar-refractivity contribution is 6.32. The lowest BCUT2D eigenvalue weighted by atomic mass is 10.1. The van der Waals surface area contributed by atoms with Crippen molar-refractivity contribution in [3.05, 3.63) is 28.8 Å². The fourth-order valence-electron chi connectivity index (χ4n) is 1.37. The van der Waals surface area contributed by atoms with E-state index in [2.05, 4.69) is 11.4 Å². The smallest absolute Gasteiger partial charge is 0.137 e. The predicted octanol–water partition coefficient (Wildman–Crippen LogP) is 2.39. The van der Waals surface area contributed by atoms with Crippen LogP contribution < -0.4 is 10.1 Å². The van der Waals surface area contributed by atoms with Gasteiger partial charge in [0.2, 0.25) is 0 Å². The largest absolute Gasteiger partial charge is 0.495 e. The van der Waals surface area contributed by atoms with Gasteiger partial charge in [0.1, 0.15) is 5.75 Å². The number of halogens is 1. The number of hydrogen-bond acceptors (Lipinski definition) is 3. The van der Waals surface area contributed by atoms with Crippen LogP contribution >= 0.6 is 11.6 Å². The minimum atomic E-state index is 0.545. The molecule has 0 bridgehead atoms. The Morgan fingerprint density at radius 2 is 2.25 bits per heavy atom. The normalized spacial score (nSPS) is 9.81. The number of ether oxygens (including phenoxy) is 1. The molecular weight excluding hydrogens is 224 g/mol. The summed E-state index contributed by atoms with van der Waals surface area (Å²) < 4.78 is 5.07. The van der Waals surface area contributed by atoms with Gasteiger partial charge in [-0.1, -0.05) is 17.7 Å². The van der Waals surface area contributed by atoms with Crippen molar-refractivity contribution in [1.82, 2.24) is 5.32 Å². The van der Waals surface area contributed by atoms with Gasteiger partial charge in [-0.05, 0) is 30.7 Å². The summed E-state index contributed by atoms with van der Waals surface area (Å²) in [5.74, 6) is 0.697. The molecule has 0 aliphatic carbocycles. The lowest BCUT2D eigenvalue weighted by Gasteiger charge is -2.06. The van der Waals surface area contributed by atoms with Crippen LogP contribution in [0.15, 0.2) is 18.2 Å². The van der Waals surface area contributed by atoms with Gasteiger partial charge in [-0.25, -0.2) is 0 Å². The second-order valence-electron chi connectivity index (χ2n) is 3.38. The molecule has 16 heavy (non-hydrogen) atoms. The van der Waals surface area contributed by atoms with E-state index in [9.17, 15) is 0 Å². The molecule has 0 aliphatic heterocycles. The third-order valence-electron chi connectivity index (χ3n) is 2.22. The summed E-state index contributed by atoms with van der Waals surface area (Å²) in [5, 5.41) is 12.2. The molecule has 86 valence electrons. The van der Waals surface area contributed by atoms with E-state index in [0.29, 0.717) is 17.2 Å². The molecule has 0 fully saturated rings. The van der Waals surface area contributed by atoms with E-state index in [-0.39, 0.29) is 0 Å². The zero-order valence-corrected chi connectivity index (χ0v) is 10.0. The van der Waals surface area contributed by atoms with Crippen LogP contribution in [0.1, 0.15) is 12.0 Å². The fraction of sp³-hybridized carbons (Fsp3) is 0.417. The van der Waals surface area contributed by atoms with Crippen molar-refractivity contribution in [3.63, 3.8) is 0 Å². The molecule has 1 aromatic rings. The summed E-state index contributed by atoms with van der Waals surface area (Å²) >= 11 is 6.00. The Bertz CT molecular complexity index is 374. The molecule has 0 saturated carbocycles. The van der Waals surface area contributed by atoms with E-state index in [1.807, 2.05) is 18.2 Å². The fourth-order valence-corrected chi connectivity index (χ4v) is 1.65. The van der Waals surface area contributed by atoms with Crippen molar-refractivity contribution < 1.29 is 4.74 Å². The number of nitriles is 1. The maximum absolute atomic E-state index is 8.36. The van der Waals surface area contributed by atoms with Crippen LogP contribution in [-0.4, -0.2) is 20.2 Å². The molecule has 1 aromatic carbocycles. The number of methoxy groups -OCH3 is 1. The van der Waals surface area contributed by atoms with Crippen LogP contribution in [0.2, 0.25) is 5.02 Å². The van der Waals surface area contributed by atoms with Gasteiger partial charge in [-0.2, -0.15) is 5.26 Å².